The van der Waals surface area contributed by atoms with Gasteiger partial charge in [0.2, 0.25) is 0 Å². The molecule has 3 rings (SSSR count). The highest BCUT2D eigenvalue weighted by Gasteiger charge is 2.08. The van der Waals surface area contributed by atoms with E-state index in [0.29, 0.717) is 22.3 Å². The monoisotopic (exact) mass is 404 g/mol. The number of alkyl halides is 2. The van der Waals surface area contributed by atoms with Crippen molar-refractivity contribution in [2.24, 2.45) is 0 Å². The van der Waals surface area contributed by atoms with Crippen LogP contribution in [-0.4, -0.2) is 12.4 Å². The van der Waals surface area contributed by atoms with E-state index in [9.17, 15) is 13.6 Å². The van der Waals surface area contributed by atoms with Gasteiger partial charge in [-0.3, -0.25) is 4.79 Å². The molecule has 0 N–H and O–H groups in total. The normalized spacial score (nSPS) is 11.1. The highest BCUT2D eigenvalue weighted by atomic mass is 35.5. The first kappa shape index (κ1) is 19.6. The van der Waals surface area contributed by atoms with Crippen molar-refractivity contribution >= 4 is 23.5 Å². The van der Waals surface area contributed by atoms with Crippen molar-refractivity contribution in [1.82, 2.24) is 0 Å². The molecule has 1 aromatic heterocycles. The maximum absolute atomic E-state index is 12.3. The van der Waals surface area contributed by atoms with Crippen molar-refractivity contribution in [2.75, 3.05) is 0 Å². The Hall–Kier alpha value is -3.12. The quantitative estimate of drug-likeness (QED) is 0.341. The molecule has 7 heteroatoms. The van der Waals surface area contributed by atoms with Crippen molar-refractivity contribution in [3.63, 3.8) is 0 Å². The smallest absolute Gasteiger partial charge is 0.387 e. The fourth-order valence-electron chi connectivity index (χ4n) is 2.33. The fraction of sp³-hybridized carbons (Fsp3) is 0.0952. The molecule has 0 unspecified atom stereocenters. The molecular weight excluding hydrogens is 390 g/mol. The first-order valence-corrected chi connectivity index (χ1v) is 8.62. The lowest BCUT2D eigenvalue weighted by molar-refractivity contribution is -0.0498. The van der Waals surface area contributed by atoms with E-state index in [-0.39, 0.29) is 23.7 Å². The van der Waals surface area contributed by atoms with Crippen molar-refractivity contribution in [2.45, 2.75) is 13.2 Å². The van der Waals surface area contributed by atoms with Gasteiger partial charge in [0.15, 0.2) is 5.78 Å². The molecule has 0 fully saturated rings. The molecule has 4 nitrogen and oxygen atoms in total. The Morgan fingerprint density at radius 3 is 2.61 bits per heavy atom. The van der Waals surface area contributed by atoms with Crippen LogP contribution in [0, 0.1) is 0 Å². The molecule has 2 aromatic carbocycles. The zero-order valence-corrected chi connectivity index (χ0v) is 15.2. The zero-order valence-electron chi connectivity index (χ0n) is 14.5. The van der Waals surface area contributed by atoms with E-state index in [4.69, 9.17) is 20.8 Å². The maximum atomic E-state index is 12.3. The number of carbonyl (C=O) groups excluding carboxylic acids is 1. The predicted molar refractivity (Wildman–Crippen MR) is 101 cm³/mol. The SMILES string of the molecule is O=C(/C=C/c1ccc(COc2ccc(Cl)cc2)o1)c1cccc(OC(F)F)c1. The molecule has 0 atom stereocenters. The van der Waals surface area contributed by atoms with Crippen LogP contribution in [0.25, 0.3) is 6.08 Å². The summed E-state index contributed by atoms with van der Waals surface area (Å²) in [7, 11) is 0. The van der Waals surface area contributed by atoms with E-state index in [1.54, 1.807) is 36.4 Å². The number of carbonyl (C=O) groups is 1. The standard InChI is InChI=1S/C21H15ClF2O4/c22-15-4-6-16(7-5-15)26-13-19-9-8-17(27-19)10-11-20(25)14-2-1-3-18(12-14)28-21(23)24/h1-12,21H,13H2/b11-10+. The topological polar surface area (TPSA) is 48.7 Å². The van der Waals surface area contributed by atoms with Gasteiger partial charge in [-0.2, -0.15) is 8.78 Å². The molecule has 1 heterocycles. The second-order valence-electron chi connectivity index (χ2n) is 5.65. The Morgan fingerprint density at radius 1 is 1.07 bits per heavy atom. The van der Waals surface area contributed by atoms with Crippen LogP contribution < -0.4 is 9.47 Å². The minimum absolute atomic E-state index is 0.0751. The summed E-state index contributed by atoms with van der Waals surface area (Å²) in [5, 5.41) is 0.619. The fourth-order valence-corrected chi connectivity index (χ4v) is 2.45. The van der Waals surface area contributed by atoms with Gasteiger partial charge in [0.1, 0.15) is 29.6 Å². The number of benzene rings is 2. The predicted octanol–water partition coefficient (Wildman–Crippen LogP) is 6.01. The molecule has 0 radical (unpaired) electrons. The van der Waals surface area contributed by atoms with E-state index < -0.39 is 6.61 Å². The molecule has 0 spiro atoms. The molecule has 28 heavy (non-hydrogen) atoms. The Balaban J connectivity index is 1.58. The van der Waals surface area contributed by atoms with E-state index in [1.165, 1.54) is 36.4 Å². The number of halogens is 3. The molecular formula is C21H15ClF2O4. The van der Waals surface area contributed by atoms with E-state index in [1.807, 2.05) is 0 Å². The van der Waals surface area contributed by atoms with Crippen LogP contribution in [0.2, 0.25) is 5.02 Å². The number of hydrogen-bond acceptors (Lipinski definition) is 4. The second kappa shape index (κ2) is 9.19. The first-order valence-electron chi connectivity index (χ1n) is 8.24. The molecule has 3 aromatic rings. The number of rotatable bonds is 8. The summed E-state index contributed by atoms with van der Waals surface area (Å²) in [5.74, 6) is 1.25. The summed E-state index contributed by atoms with van der Waals surface area (Å²) in [6, 6.07) is 16.0. The van der Waals surface area contributed by atoms with Gasteiger partial charge in [0, 0.05) is 10.6 Å². The molecule has 144 valence electrons. The Morgan fingerprint density at radius 2 is 1.86 bits per heavy atom. The second-order valence-corrected chi connectivity index (χ2v) is 6.09. The Kier molecular flexibility index (Phi) is 6.45. The summed E-state index contributed by atoms with van der Waals surface area (Å²) in [4.78, 5) is 12.2. The Bertz CT molecular complexity index is 965. The van der Waals surface area contributed by atoms with Crippen molar-refractivity contribution in [3.05, 3.63) is 88.8 Å². The van der Waals surface area contributed by atoms with Gasteiger partial charge in [0.25, 0.3) is 0 Å². The number of allylic oxidation sites excluding steroid dienone is 1. The van der Waals surface area contributed by atoms with Gasteiger partial charge in [-0.25, -0.2) is 0 Å². The third kappa shape index (κ3) is 5.69. The minimum Gasteiger partial charge on any atom is -0.486 e. The van der Waals surface area contributed by atoms with Crippen LogP contribution in [0.15, 0.2) is 71.2 Å². The van der Waals surface area contributed by atoms with Crippen LogP contribution in [0.4, 0.5) is 8.78 Å². The first-order chi connectivity index (χ1) is 13.5. The van der Waals surface area contributed by atoms with Gasteiger partial charge >= 0.3 is 6.61 Å². The molecule has 0 aliphatic rings. The third-order valence-corrected chi connectivity index (χ3v) is 3.87. The lowest BCUT2D eigenvalue weighted by Gasteiger charge is -2.04. The highest BCUT2D eigenvalue weighted by molar-refractivity contribution is 6.30. The molecule has 0 bridgehead atoms. The van der Waals surface area contributed by atoms with Crippen LogP contribution in [0.3, 0.4) is 0 Å². The number of hydrogen-bond donors (Lipinski definition) is 0. The van der Waals surface area contributed by atoms with Gasteiger partial charge in [-0.05, 0) is 60.7 Å². The number of ether oxygens (including phenoxy) is 2. The summed E-state index contributed by atoms with van der Waals surface area (Å²) >= 11 is 5.82. The van der Waals surface area contributed by atoms with Crippen molar-refractivity contribution in [1.29, 1.82) is 0 Å². The average Bonchev–Trinajstić information content (AvgIpc) is 3.13. The van der Waals surface area contributed by atoms with Gasteiger partial charge in [-0.15, -0.1) is 0 Å². The molecule has 0 aliphatic heterocycles. The molecule has 0 aliphatic carbocycles. The van der Waals surface area contributed by atoms with Crippen LogP contribution >= 0.6 is 11.6 Å². The van der Waals surface area contributed by atoms with Crippen LogP contribution in [0.5, 0.6) is 11.5 Å². The summed E-state index contributed by atoms with van der Waals surface area (Å²) in [5.41, 5.74) is 0.229. The summed E-state index contributed by atoms with van der Waals surface area (Å²) in [6.45, 7) is -2.73. The number of furan rings is 1. The van der Waals surface area contributed by atoms with Gasteiger partial charge < -0.3 is 13.9 Å². The Labute approximate surface area is 164 Å². The highest BCUT2D eigenvalue weighted by Crippen LogP contribution is 2.19. The average molecular weight is 405 g/mol. The third-order valence-electron chi connectivity index (χ3n) is 3.62. The zero-order chi connectivity index (χ0) is 19.9. The van der Waals surface area contributed by atoms with Crippen molar-refractivity contribution < 1.29 is 27.5 Å². The largest absolute Gasteiger partial charge is 0.486 e. The van der Waals surface area contributed by atoms with Gasteiger partial charge in [0.05, 0.1) is 0 Å². The van der Waals surface area contributed by atoms with E-state index in [2.05, 4.69) is 4.74 Å². The minimum atomic E-state index is -2.95. The summed E-state index contributed by atoms with van der Waals surface area (Å²) < 4.78 is 40.0. The summed E-state index contributed by atoms with van der Waals surface area (Å²) in [6.07, 6.45) is 2.79. The molecule has 0 saturated carbocycles. The van der Waals surface area contributed by atoms with E-state index >= 15 is 0 Å². The van der Waals surface area contributed by atoms with Crippen LogP contribution in [-0.2, 0) is 6.61 Å². The number of ketones is 1. The molecule has 0 saturated heterocycles. The van der Waals surface area contributed by atoms with Crippen molar-refractivity contribution in [3.8, 4) is 11.5 Å². The van der Waals surface area contributed by atoms with E-state index in [0.717, 1.165) is 0 Å². The van der Waals surface area contributed by atoms with Gasteiger partial charge in [-0.1, -0.05) is 23.7 Å². The van der Waals surface area contributed by atoms with Crippen LogP contribution in [0.1, 0.15) is 21.9 Å². The lowest BCUT2D eigenvalue weighted by Crippen LogP contribution is -2.03. The molecule has 0 amide bonds. The maximum Gasteiger partial charge on any atom is 0.387 e. The lowest BCUT2D eigenvalue weighted by atomic mass is 10.1.